The van der Waals surface area contributed by atoms with Gasteiger partial charge in [0.1, 0.15) is 5.75 Å². The fourth-order valence-corrected chi connectivity index (χ4v) is 6.53. The Kier molecular flexibility index (Phi) is 5.84. The number of anilines is 2. The maximum absolute atomic E-state index is 10.3. The number of piperidine rings is 1. The molecule has 6 rings (SSSR count). The van der Waals surface area contributed by atoms with Crippen molar-refractivity contribution < 1.29 is 5.11 Å². The monoisotopic (exact) mass is 448 g/mol. The molecule has 2 saturated heterocycles. The van der Waals surface area contributed by atoms with Gasteiger partial charge in [-0.1, -0.05) is 31.4 Å². The zero-order valence-corrected chi connectivity index (χ0v) is 19.5. The summed E-state index contributed by atoms with van der Waals surface area (Å²) in [4.78, 5) is 8.06. The molecule has 3 aliphatic heterocycles. The third-order valence-corrected chi connectivity index (χ3v) is 8.39. The van der Waals surface area contributed by atoms with Crippen molar-refractivity contribution in [2.75, 3.05) is 49.5 Å². The lowest BCUT2D eigenvalue weighted by atomic mass is 9.91. The SMILES string of the molecule is Oc1ccccc1-c1cc2c(nn1)NC[C@H]1CN(C3CCN(C4CCCCC4)CC3)CCN21. The standard InChI is InChI=1S/C26H36N6O/c33-25-9-5-4-8-22(25)23-16-24-26(29-28-23)27-17-21-18-31(14-15-32(21)24)20-10-12-30(13-11-20)19-6-2-1-3-7-19/h4-5,8-9,16,19-21,33H,1-3,6-7,10-15,17-18H2,(H,27,29)/t21-/m0/s1. The first kappa shape index (κ1) is 21.2. The van der Waals surface area contributed by atoms with Crippen molar-refractivity contribution in [2.24, 2.45) is 0 Å². The molecule has 4 aliphatic rings. The fraction of sp³-hybridized carbons (Fsp3) is 0.615. The van der Waals surface area contributed by atoms with E-state index in [0.717, 1.165) is 61.0 Å². The highest BCUT2D eigenvalue weighted by molar-refractivity contribution is 5.76. The Morgan fingerprint density at radius 2 is 1.61 bits per heavy atom. The number of aromatic hydroxyl groups is 1. The van der Waals surface area contributed by atoms with Gasteiger partial charge in [-0.2, -0.15) is 0 Å². The molecule has 3 fully saturated rings. The number of fused-ring (bicyclic) bond motifs is 3. The highest BCUT2D eigenvalue weighted by Gasteiger charge is 2.37. The number of piperazine rings is 1. The van der Waals surface area contributed by atoms with Gasteiger partial charge in [0.15, 0.2) is 5.82 Å². The van der Waals surface area contributed by atoms with Gasteiger partial charge in [-0.3, -0.25) is 4.90 Å². The van der Waals surface area contributed by atoms with Gasteiger partial charge < -0.3 is 20.2 Å². The number of aromatic nitrogens is 2. The van der Waals surface area contributed by atoms with Crippen LogP contribution in [0.25, 0.3) is 11.3 Å². The zero-order chi connectivity index (χ0) is 22.2. The summed E-state index contributed by atoms with van der Waals surface area (Å²) in [6.45, 7) is 6.71. The minimum Gasteiger partial charge on any atom is -0.507 e. The molecule has 176 valence electrons. The number of para-hydroxylation sites is 1. The van der Waals surface area contributed by atoms with Crippen LogP contribution >= 0.6 is 0 Å². The summed E-state index contributed by atoms with van der Waals surface area (Å²) in [6, 6.07) is 11.5. The average molecular weight is 449 g/mol. The van der Waals surface area contributed by atoms with E-state index in [1.165, 1.54) is 58.0 Å². The molecule has 1 aromatic carbocycles. The van der Waals surface area contributed by atoms with E-state index >= 15 is 0 Å². The Morgan fingerprint density at radius 1 is 0.818 bits per heavy atom. The lowest BCUT2D eigenvalue weighted by Crippen LogP contribution is -2.61. The average Bonchev–Trinajstić information content (AvgIpc) is 2.89. The normalized spacial score (nSPS) is 25.3. The molecule has 7 nitrogen and oxygen atoms in total. The molecule has 2 N–H and O–H groups in total. The number of nitrogens with one attached hydrogen (secondary N) is 1. The Labute approximate surface area is 196 Å². The number of phenolic OH excluding ortho intramolecular Hbond substituents is 1. The van der Waals surface area contributed by atoms with Crippen molar-refractivity contribution in [3.63, 3.8) is 0 Å². The van der Waals surface area contributed by atoms with Crippen LogP contribution in [0.5, 0.6) is 5.75 Å². The topological polar surface area (TPSA) is 67.8 Å². The van der Waals surface area contributed by atoms with E-state index < -0.39 is 0 Å². The van der Waals surface area contributed by atoms with E-state index in [1.54, 1.807) is 6.07 Å². The summed E-state index contributed by atoms with van der Waals surface area (Å²) in [5.41, 5.74) is 2.58. The van der Waals surface area contributed by atoms with Crippen LogP contribution in [-0.2, 0) is 0 Å². The first-order chi connectivity index (χ1) is 16.3. The van der Waals surface area contributed by atoms with Crippen molar-refractivity contribution in [2.45, 2.75) is 63.1 Å². The quantitative estimate of drug-likeness (QED) is 0.744. The fourth-order valence-electron chi connectivity index (χ4n) is 6.53. The van der Waals surface area contributed by atoms with Gasteiger partial charge in [-0.25, -0.2) is 0 Å². The molecular formula is C26H36N6O. The molecule has 1 atom stereocenters. The molecule has 0 amide bonds. The second-order valence-electron chi connectivity index (χ2n) is 10.3. The smallest absolute Gasteiger partial charge is 0.172 e. The summed E-state index contributed by atoms with van der Waals surface area (Å²) >= 11 is 0. The van der Waals surface area contributed by atoms with Crippen LogP contribution in [0, 0.1) is 0 Å². The molecule has 2 aromatic rings. The molecular weight excluding hydrogens is 412 g/mol. The molecule has 1 aliphatic carbocycles. The van der Waals surface area contributed by atoms with Gasteiger partial charge in [0.25, 0.3) is 0 Å². The Morgan fingerprint density at radius 3 is 2.42 bits per heavy atom. The maximum atomic E-state index is 10.3. The first-order valence-electron chi connectivity index (χ1n) is 12.9. The van der Waals surface area contributed by atoms with E-state index in [0.29, 0.717) is 6.04 Å². The third-order valence-electron chi connectivity index (χ3n) is 8.39. The van der Waals surface area contributed by atoms with Gasteiger partial charge in [-0.15, -0.1) is 10.2 Å². The van der Waals surface area contributed by atoms with Crippen LogP contribution in [0.15, 0.2) is 30.3 Å². The predicted molar refractivity (Wildman–Crippen MR) is 132 cm³/mol. The minimum atomic E-state index is 0.247. The van der Waals surface area contributed by atoms with Gasteiger partial charge in [0.05, 0.1) is 17.4 Å². The van der Waals surface area contributed by atoms with E-state index in [1.807, 2.05) is 18.2 Å². The molecule has 0 spiro atoms. The molecule has 1 aromatic heterocycles. The second kappa shape index (κ2) is 9.11. The van der Waals surface area contributed by atoms with Gasteiger partial charge >= 0.3 is 0 Å². The summed E-state index contributed by atoms with van der Waals surface area (Å²) in [5, 5.41) is 22.6. The molecule has 4 heterocycles. The van der Waals surface area contributed by atoms with Crippen LogP contribution in [0.3, 0.4) is 0 Å². The minimum absolute atomic E-state index is 0.247. The Balaban J connectivity index is 1.12. The van der Waals surface area contributed by atoms with Crippen molar-refractivity contribution in [3.05, 3.63) is 30.3 Å². The largest absolute Gasteiger partial charge is 0.507 e. The van der Waals surface area contributed by atoms with Crippen LogP contribution in [0.2, 0.25) is 0 Å². The Hall–Kier alpha value is -2.38. The van der Waals surface area contributed by atoms with E-state index in [2.05, 4.69) is 36.3 Å². The number of nitrogens with zero attached hydrogens (tertiary/aromatic N) is 5. The summed E-state index contributed by atoms with van der Waals surface area (Å²) in [7, 11) is 0. The first-order valence-corrected chi connectivity index (χ1v) is 12.9. The number of benzene rings is 1. The van der Waals surface area contributed by atoms with Crippen LogP contribution in [0.4, 0.5) is 11.5 Å². The van der Waals surface area contributed by atoms with Gasteiger partial charge in [0.2, 0.25) is 0 Å². The lowest BCUT2D eigenvalue weighted by molar-refractivity contribution is 0.0617. The molecule has 0 unspecified atom stereocenters. The van der Waals surface area contributed by atoms with Crippen LogP contribution in [0.1, 0.15) is 44.9 Å². The van der Waals surface area contributed by atoms with Crippen molar-refractivity contribution >= 4 is 11.5 Å². The van der Waals surface area contributed by atoms with Crippen LogP contribution < -0.4 is 10.2 Å². The number of likely N-dealkylation sites (tertiary alicyclic amines) is 1. The lowest BCUT2D eigenvalue weighted by Gasteiger charge is -2.49. The second-order valence-corrected chi connectivity index (χ2v) is 10.3. The van der Waals surface area contributed by atoms with Gasteiger partial charge in [0, 0.05) is 43.8 Å². The summed E-state index contributed by atoms with van der Waals surface area (Å²) < 4.78 is 0. The molecule has 33 heavy (non-hydrogen) atoms. The number of hydrogen-bond donors (Lipinski definition) is 2. The van der Waals surface area contributed by atoms with Crippen molar-refractivity contribution in [3.8, 4) is 17.0 Å². The highest BCUT2D eigenvalue weighted by Crippen LogP contribution is 2.36. The van der Waals surface area contributed by atoms with Crippen molar-refractivity contribution in [1.29, 1.82) is 0 Å². The summed E-state index contributed by atoms with van der Waals surface area (Å²) in [6.07, 6.45) is 9.77. The van der Waals surface area contributed by atoms with E-state index in [-0.39, 0.29) is 5.75 Å². The predicted octanol–water partition coefficient (Wildman–Crippen LogP) is 3.56. The molecule has 7 heteroatoms. The number of hydrogen-bond acceptors (Lipinski definition) is 7. The highest BCUT2D eigenvalue weighted by atomic mass is 16.3. The Bertz CT molecular complexity index is 969. The van der Waals surface area contributed by atoms with E-state index in [9.17, 15) is 5.11 Å². The third kappa shape index (κ3) is 4.17. The van der Waals surface area contributed by atoms with Crippen molar-refractivity contribution in [1.82, 2.24) is 20.0 Å². The maximum Gasteiger partial charge on any atom is 0.172 e. The number of phenols is 1. The zero-order valence-electron chi connectivity index (χ0n) is 19.5. The molecule has 0 bridgehead atoms. The van der Waals surface area contributed by atoms with Gasteiger partial charge in [-0.05, 0) is 57.0 Å². The number of rotatable bonds is 3. The summed E-state index contributed by atoms with van der Waals surface area (Å²) in [5.74, 6) is 1.11. The molecule has 0 radical (unpaired) electrons. The molecule has 1 saturated carbocycles. The van der Waals surface area contributed by atoms with Crippen LogP contribution in [-0.4, -0.2) is 82.5 Å². The van der Waals surface area contributed by atoms with E-state index in [4.69, 9.17) is 0 Å².